The highest BCUT2D eigenvalue weighted by Gasteiger charge is 2.45. The number of anilines is 1. The van der Waals surface area contributed by atoms with Crippen LogP contribution in [-0.4, -0.2) is 29.1 Å². The topological polar surface area (TPSA) is 65.4 Å². The molecule has 2 saturated heterocycles. The van der Waals surface area contributed by atoms with E-state index in [2.05, 4.69) is 5.32 Å². The smallest absolute Gasteiger partial charge is 0.420 e. The maximum atomic E-state index is 13.4. The first-order valence-corrected chi connectivity index (χ1v) is 10.5. The molecule has 2 heterocycles. The lowest BCUT2D eigenvalue weighted by molar-refractivity contribution is -0.139. The summed E-state index contributed by atoms with van der Waals surface area (Å²) in [5.74, 6) is -0.362. The van der Waals surface area contributed by atoms with Crippen LogP contribution in [0.3, 0.4) is 0 Å². The molecule has 0 aromatic heterocycles. The third kappa shape index (κ3) is 4.90. The number of ether oxygens (including phenoxy) is 1. The molecule has 0 saturated carbocycles. The number of halogens is 6. The van der Waals surface area contributed by atoms with E-state index in [0.717, 1.165) is 24.3 Å². The average Bonchev–Trinajstić information content (AvgIpc) is 3.03. The Bertz CT molecular complexity index is 1090. The van der Waals surface area contributed by atoms with Crippen LogP contribution < -0.4 is 10.1 Å². The van der Waals surface area contributed by atoms with Crippen molar-refractivity contribution < 1.29 is 35.9 Å². The van der Waals surface area contributed by atoms with Gasteiger partial charge in [0, 0.05) is 30.6 Å². The molecule has 0 unspecified atom stereocenters. The highest BCUT2D eigenvalue weighted by atomic mass is 19.4. The molecule has 2 fully saturated rings. The van der Waals surface area contributed by atoms with Gasteiger partial charge in [0.05, 0.1) is 22.8 Å². The second-order valence-corrected chi connectivity index (χ2v) is 8.33. The Kier molecular flexibility index (Phi) is 6.10. The zero-order chi connectivity index (χ0) is 24.7. The number of fused-ring (bicyclic) bond motifs is 2. The molecule has 0 radical (unpaired) electrons. The molecule has 2 aromatic rings. The van der Waals surface area contributed by atoms with Crippen LogP contribution >= 0.6 is 0 Å². The van der Waals surface area contributed by atoms with E-state index in [1.165, 1.54) is 18.2 Å². The van der Waals surface area contributed by atoms with Gasteiger partial charge in [-0.05, 0) is 55.3 Å². The van der Waals surface area contributed by atoms with E-state index >= 15 is 0 Å². The van der Waals surface area contributed by atoms with Gasteiger partial charge in [0.1, 0.15) is 11.9 Å². The van der Waals surface area contributed by atoms with E-state index in [-0.39, 0.29) is 29.1 Å². The van der Waals surface area contributed by atoms with Crippen LogP contribution in [0.2, 0.25) is 0 Å². The van der Waals surface area contributed by atoms with Crippen LogP contribution in [0.15, 0.2) is 42.5 Å². The quantitative estimate of drug-likeness (QED) is 0.529. The van der Waals surface area contributed by atoms with Gasteiger partial charge in [-0.1, -0.05) is 0 Å². The Morgan fingerprint density at radius 3 is 2.12 bits per heavy atom. The lowest BCUT2D eigenvalue weighted by atomic mass is 9.99. The molecule has 2 aliphatic rings. The first-order valence-electron chi connectivity index (χ1n) is 10.5. The molecule has 5 nitrogen and oxygen atoms in total. The maximum absolute atomic E-state index is 13.4. The first-order chi connectivity index (χ1) is 16.0. The number of amides is 2. The fourth-order valence-electron chi connectivity index (χ4n) is 4.59. The summed E-state index contributed by atoms with van der Waals surface area (Å²) in [5, 5.41) is 11.5. The summed E-state index contributed by atoms with van der Waals surface area (Å²) in [6.07, 6.45) is -7.81. The molecule has 3 atom stereocenters. The predicted octanol–water partition coefficient (Wildman–Crippen LogP) is 6.20. The van der Waals surface area contributed by atoms with E-state index in [4.69, 9.17) is 10.00 Å². The number of alkyl halides is 6. The van der Waals surface area contributed by atoms with Gasteiger partial charge >= 0.3 is 18.4 Å². The van der Waals surface area contributed by atoms with Crippen LogP contribution in [0.5, 0.6) is 5.75 Å². The third-order valence-corrected chi connectivity index (χ3v) is 6.10. The van der Waals surface area contributed by atoms with E-state index in [0.29, 0.717) is 25.7 Å². The van der Waals surface area contributed by atoms with Gasteiger partial charge in [0.25, 0.3) is 0 Å². The summed E-state index contributed by atoms with van der Waals surface area (Å²) in [5.41, 5.74) is -1.77. The van der Waals surface area contributed by atoms with Crippen molar-refractivity contribution in [3.05, 3.63) is 59.2 Å². The molecule has 1 N–H and O–H groups in total. The molecule has 2 amide bonds. The van der Waals surface area contributed by atoms with Gasteiger partial charge in [0.15, 0.2) is 0 Å². The van der Waals surface area contributed by atoms with Crippen LogP contribution in [0.1, 0.15) is 42.4 Å². The zero-order valence-electron chi connectivity index (χ0n) is 17.6. The number of nitrogens with one attached hydrogen (secondary N) is 1. The summed E-state index contributed by atoms with van der Waals surface area (Å²) in [6, 6.07) is 7.89. The SMILES string of the molecule is N#Cc1ccc(O[C@H]2C[C@H]3CC[C@@H](C2)N3C(=O)Nc2ccc(C(F)(F)F)cc2)c(C(F)(F)F)c1. The zero-order valence-corrected chi connectivity index (χ0v) is 17.6. The summed E-state index contributed by atoms with van der Waals surface area (Å²) < 4.78 is 84.2. The van der Waals surface area contributed by atoms with E-state index in [1.807, 2.05) is 0 Å². The molecule has 2 aromatic carbocycles. The average molecular weight is 483 g/mol. The predicted molar refractivity (Wildman–Crippen MR) is 109 cm³/mol. The Morgan fingerprint density at radius 2 is 1.59 bits per heavy atom. The minimum absolute atomic E-state index is 0.130. The van der Waals surface area contributed by atoms with E-state index < -0.39 is 35.6 Å². The van der Waals surface area contributed by atoms with Gasteiger partial charge < -0.3 is 15.0 Å². The molecule has 0 aliphatic carbocycles. The monoisotopic (exact) mass is 483 g/mol. The minimum atomic E-state index is -4.69. The molecule has 34 heavy (non-hydrogen) atoms. The number of benzene rings is 2. The molecule has 2 aliphatic heterocycles. The highest BCUT2D eigenvalue weighted by molar-refractivity contribution is 5.90. The molecular formula is C23H19F6N3O2. The van der Waals surface area contributed by atoms with Gasteiger partial charge in [-0.15, -0.1) is 0 Å². The third-order valence-electron chi connectivity index (χ3n) is 6.10. The largest absolute Gasteiger partial charge is 0.490 e. The minimum Gasteiger partial charge on any atom is -0.490 e. The van der Waals surface area contributed by atoms with Crippen molar-refractivity contribution in [2.45, 2.75) is 56.2 Å². The summed E-state index contributed by atoms with van der Waals surface area (Å²) >= 11 is 0. The van der Waals surface area contributed by atoms with Gasteiger partial charge in [0.2, 0.25) is 0 Å². The lowest BCUT2D eigenvalue weighted by Crippen LogP contribution is -2.50. The molecule has 11 heteroatoms. The van der Waals surface area contributed by atoms with Gasteiger partial charge in [-0.2, -0.15) is 31.6 Å². The van der Waals surface area contributed by atoms with Crippen LogP contribution in [0, 0.1) is 11.3 Å². The standard InChI is InChI=1S/C23H19F6N3O2/c24-22(25,26)14-2-4-15(5-3-14)31-21(33)32-16-6-7-17(32)11-18(10-16)34-20-8-1-13(12-30)9-19(20)23(27,28)29/h1-5,8-9,16-18H,6-7,10-11H2,(H,31,33)/t16-,17+,18+. The molecule has 2 bridgehead atoms. The van der Waals surface area contributed by atoms with Crippen molar-refractivity contribution in [3.8, 4) is 11.8 Å². The van der Waals surface area contributed by atoms with Crippen LogP contribution in [-0.2, 0) is 12.4 Å². The van der Waals surface area contributed by atoms with E-state index in [9.17, 15) is 31.1 Å². The molecule has 0 spiro atoms. The van der Waals surface area contributed by atoms with Crippen LogP contribution in [0.25, 0.3) is 0 Å². The highest BCUT2D eigenvalue weighted by Crippen LogP contribution is 2.41. The number of carbonyl (C=O) groups is 1. The number of piperidine rings is 1. The van der Waals surface area contributed by atoms with Crippen molar-refractivity contribution in [2.75, 3.05) is 5.32 Å². The molecule has 4 rings (SSSR count). The van der Waals surface area contributed by atoms with Crippen LogP contribution in [0.4, 0.5) is 36.8 Å². The van der Waals surface area contributed by atoms with Crippen molar-refractivity contribution in [3.63, 3.8) is 0 Å². The Morgan fingerprint density at radius 1 is 0.971 bits per heavy atom. The summed E-state index contributed by atoms with van der Waals surface area (Å²) in [7, 11) is 0. The fourth-order valence-corrected chi connectivity index (χ4v) is 4.59. The number of urea groups is 1. The second kappa shape index (κ2) is 8.74. The normalized spacial score (nSPS) is 22.3. The Balaban J connectivity index is 1.43. The van der Waals surface area contributed by atoms with Crippen molar-refractivity contribution in [2.24, 2.45) is 0 Å². The van der Waals surface area contributed by atoms with Crippen molar-refractivity contribution in [1.82, 2.24) is 4.90 Å². The number of nitrogens with zero attached hydrogens (tertiary/aromatic N) is 2. The fraction of sp³-hybridized carbons (Fsp3) is 0.391. The number of nitriles is 1. The number of carbonyl (C=O) groups excluding carboxylic acids is 1. The molecule has 180 valence electrons. The first kappa shape index (κ1) is 23.7. The summed E-state index contributed by atoms with van der Waals surface area (Å²) in [4.78, 5) is 14.4. The maximum Gasteiger partial charge on any atom is 0.420 e. The lowest BCUT2D eigenvalue weighted by Gasteiger charge is -2.39. The van der Waals surface area contributed by atoms with Crippen molar-refractivity contribution >= 4 is 11.7 Å². The second-order valence-electron chi connectivity index (χ2n) is 8.33. The Hall–Kier alpha value is -3.42. The van der Waals surface area contributed by atoms with E-state index in [1.54, 1.807) is 11.0 Å². The van der Waals surface area contributed by atoms with Crippen molar-refractivity contribution in [1.29, 1.82) is 5.26 Å². The Labute approximate surface area is 190 Å². The summed E-state index contributed by atoms with van der Waals surface area (Å²) in [6.45, 7) is 0. The number of hydrogen-bond acceptors (Lipinski definition) is 3. The number of hydrogen-bond donors (Lipinski definition) is 1. The van der Waals surface area contributed by atoms with Gasteiger partial charge in [-0.3, -0.25) is 0 Å². The number of rotatable bonds is 3. The van der Waals surface area contributed by atoms with Gasteiger partial charge in [-0.25, -0.2) is 4.79 Å². The molecular weight excluding hydrogens is 464 g/mol.